The minimum Gasteiger partial charge on any atom is -0.376 e. The zero-order valence-electron chi connectivity index (χ0n) is 12.0. The minimum absolute atomic E-state index is 0.0592. The van der Waals surface area contributed by atoms with Crippen molar-refractivity contribution in [3.63, 3.8) is 0 Å². The Labute approximate surface area is 124 Å². The van der Waals surface area contributed by atoms with Crippen molar-refractivity contribution in [2.24, 2.45) is 5.73 Å². The van der Waals surface area contributed by atoms with Crippen LogP contribution in [0.2, 0.25) is 0 Å². The average Bonchev–Trinajstić information content (AvgIpc) is 2.95. The van der Waals surface area contributed by atoms with Crippen LogP contribution in [0.25, 0.3) is 0 Å². The van der Waals surface area contributed by atoms with Gasteiger partial charge in [-0.1, -0.05) is 18.2 Å². The maximum Gasteiger partial charge on any atom is 0.248 e. The van der Waals surface area contributed by atoms with E-state index in [0.29, 0.717) is 11.1 Å². The number of hydrogen-bond acceptors (Lipinski definition) is 3. The van der Waals surface area contributed by atoms with Gasteiger partial charge in [0.25, 0.3) is 0 Å². The summed E-state index contributed by atoms with van der Waals surface area (Å²) in [5.41, 5.74) is 6.51. The molecule has 2 atom stereocenters. The van der Waals surface area contributed by atoms with Crippen LogP contribution < -0.4 is 5.73 Å². The van der Waals surface area contributed by atoms with Gasteiger partial charge in [0.15, 0.2) is 0 Å². The lowest BCUT2D eigenvalue weighted by atomic mass is 9.96. The molecular formula is C16H20N2O3. The van der Waals surface area contributed by atoms with Crippen LogP contribution in [-0.4, -0.2) is 42.0 Å². The van der Waals surface area contributed by atoms with Gasteiger partial charge in [0, 0.05) is 18.7 Å². The van der Waals surface area contributed by atoms with E-state index < -0.39 is 5.91 Å². The number of piperidine rings is 1. The Morgan fingerprint density at radius 3 is 2.90 bits per heavy atom. The van der Waals surface area contributed by atoms with Gasteiger partial charge in [-0.3, -0.25) is 9.59 Å². The number of carbonyl (C=O) groups excluding carboxylic acids is 2. The number of primary amides is 1. The highest BCUT2D eigenvalue weighted by atomic mass is 16.5. The topological polar surface area (TPSA) is 72.6 Å². The number of likely N-dealkylation sites (tertiary alicyclic amines) is 1. The van der Waals surface area contributed by atoms with Crippen molar-refractivity contribution in [2.75, 3.05) is 13.2 Å². The molecular weight excluding hydrogens is 268 g/mol. The van der Waals surface area contributed by atoms with Crippen molar-refractivity contribution < 1.29 is 14.3 Å². The van der Waals surface area contributed by atoms with Gasteiger partial charge in [0.2, 0.25) is 11.8 Å². The first-order valence-corrected chi connectivity index (χ1v) is 7.45. The number of benzene rings is 1. The molecule has 2 heterocycles. The SMILES string of the molecule is NC(=O)c1ccccc1CC(=O)N1CCC[C@H]2OCC[C@H]21. The number of ether oxygens (including phenoxy) is 1. The van der Waals surface area contributed by atoms with Crippen LogP contribution in [0.3, 0.4) is 0 Å². The second kappa shape index (κ2) is 5.85. The molecule has 5 nitrogen and oxygen atoms in total. The van der Waals surface area contributed by atoms with Crippen molar-refractivity contribution in [1.82, 2.24) is 4.90 Å². The van der Waals surface area contributed by atoms with Crippen LogP contribution in [0, 0.1) is 0 Å². The van der Waals surface area contributed by atoms with E-state index in [2.05, 4.69) is 0 Å². The van der Waals surface area contributed by atoms with Gasteiger partial charge >= 0.3 is 0 Å². The quantitative estimate of drug-likeness (QED) is 0.905. The molecule has 2 aliphatic rings. The molecule has 0 bridgehead atoms. The molecule has 5 heteroatoms. The maximum atomic E-state index is 12.6. The normalized spacial score (nSPS) is 24.7. The summed E-state index contributed by atoms with van der Waals surface area (Å²) in [6.45, 7) is 1.51. The lowest BCUT2D eigenvalue weighted by Crippen LogP contribution is -2.49. The van der Waals surface area contributed by atoms with E-state index in [4.69, 9.17) is 10.5 Å². The standard InChI is InChI=1S/C16H20N2O3/c17-16(20)12-5-2-1-4-11(12)10-15(19)18-8-3-6-14-13(18)7-9-21-14/h1-2,4-5,13-14H,3,6-10H2,(H2,17,20)/t13-,14-/m1/s1. The van der Waals surface area contributed by atoms with E-state index in [-0.39, 0.29) is 24.5 Å². The molecule has 1 aromatic rings. The van der Waals surface area contributed by atoms with Gasteiger partial charge in [-0.05, 0) is 30.9 Å². The predicted octanol–water partition coefficient (Wildman–Crippen LogP) is 1.11. The number of fused-ring (bicyclic) bond motifs is 1. The van der Waals surface area contributed by atoms with Crippen molar-refractivity contribution >= 4 is 11.8 Å². The van der Waals surface area contributed by atoms with E-state index in [0.717, 1.165) is 32.4 Å². The minimum atomic E-state index is -0.487. The van der Waals surface area contributed by atoms with Crippen molar-refractivity contribution in [3.05, 3.63) is 35.4 Å². The van der Waals surface area contributed by atoms with E-state index in [1.807, 2.05) is 11.0 Å². The van der Waals surface area contributed by atoms with Gasteiger partial charge in [-0.25, -0.2) is 0 Å². The molecule has 0 aliphatic carbocycles. The van der Waals surface area contributed by atoms with Crippen molar-refractivity contribution in [1.29, 1.82) is 0 Å². The van der Waals surface area contributed by atoms with Gasteiger partial charge < -0.3 is 15.4 Å². The first-order valence-electron chi connectivity index (χ1n) is 7.45. The first kappa shape index (κ1) is 14.1. The summed E-state index contributed by atoms with van der Waals surface area (Å²) in [5.74, 6) is -0.428. The molecule has 2 saturated heterocycles. The van der Waals surface area contributed by atoms with Crippen LogP contribution in [0.4, 0.5) is 0 Å². The molecule has 0 saturated carbocycles. The monoisotopic (exact) mass is 288 g/mol. The van der Waals surface area contributed by atoms with Gasteiger partial charge in [0.05, 0.1) is 18.6 Å². The third-order valence-corrected chi connectivity index (χ3v) is 4.41. The summed E-state index contributed by atoms with van der Waals surface area (Å²) in [4.78, 5) is 26.0. The summed E-state index contributed by atoms with van der Waals surface area (Å²) in [7, 11) is 0. The third kappa shape index (κ3) is 2.78. The molecule has 2 aliphatic heterocycles. The number of rotatable bonds is 3. The molecule has 3 rings (SSSR count). The smallest absolute Gasteiger partial charge is 0.248 e. The van der Waals surface area contributed by atoms with Gasteiger partial charge in [0.1, 0.15) is 0 Å². The number of nitrogens with two attached hydrogens (primary N) is 1. The van der Waals surface area contributed by atoms with E-state index in [1.54, 1.807) is 18.2 Å². The third-order valence-electron chi connectivity index (χ3n) is 4.41. The molecule has 0 aromatic heterocycles. The fourth-order valence-electron chi connectivity index (χ4n) is 3.39. The lowest BCUT2D eigenvalue weighted by molar-refractivity contribution is -0.136. The summed E-state index contributed by atoms with van der Waals surface area (Å²) in [5, 5.41) is 0. The highest BCUT2D eigenvalue weighted by molar-refractivity contribution is 5.95. The summed E-state index contributed by atoms with van der Waals surface area (Å²) in [6, 6.07) is 7.25. The summed E-state index contributed by atoms with van der Waals surface area (Å²) < 4.78 is 5.68. The fourth-order valence-corrected chi connectivity index (χ4v) is 3.39. The predicted molar refractivity (Wildman–Crippen MR) is 77.8 cm³/mol. The van der Waals surface area contributed by atoms with Crippen LogP contribution in [-0.2, 0) is 16.0 Å². The van der Waals surface area contributed by atoms with Crippen molar-refractivity contribution in [2.45, 2.75) is 37.8 Å². The molecule has 21 heavy (non-hydrogen) atoms. The zero-order valence-corrected chi connectivity index (χ0v) is 12.0. The Morgan fingerprint density at radius 1 is 1.29 bits per heavy atom. The second-order valence-electron chi connectivity index (χ2n) is 5.69. The van der Waals surface area contributed by atoms with E-state index >= 15 is 0 Å². The Kier molecular flexibility index (Phi) is 3.92. The Morgan fingerprint density at radius 2 is 2.10 bits per heavy atom. The fraction of sp³-hybridized carbons (Fsp3) is 0.500. The number of amides is 2. The maximum absolute atomic E-state index is 12.6. The molecule has 2 amide bonds. The molecule has 2 N–H and O–H groups in total. The van der Waals surface area contributed by atoms with Gasteiger partial charge in [-0.15, -0.1) is 0 Å². The summed E-state index contributed by atoms with van der Waals surface area (Å²) in [6.07, 6.45) is 3.33. The van der Waals surface area contributed by atoms with Crippen LogP contribution in [0.1, 0.15) is 35.2 Å². The van der Waals surface area contributed by atoms with Gasteiger partial charge in [-0.2, -0.15) is 0 Å². The zero-order chi connectivity index (χ0) is 14.8. The first-order chi connectivity index (χ1) is 10.2. The molecule has 0 radical (unpaired) electrons. The number of nitrogens with zero attached hydrogens (tertiary/aromatic N) is 1. The average molecular weight is 288 g/mol. The molecule has 0 unspecified atom stereocenters. The second-order valence-corrected chi connectivity index (χ2v) is 5.69. The Balaban J connectivity index is 1.76. The van der Waals surface area contributed by atoms with Crippen molar-refractivity contribution in [3.8, 4) is 0 Å². The molecule has 2 fully saturated rings. The van der Waals surface area contributed by atoms with E-state index in [1.165, 1.54) is 0 Å². The molecule has 112 valence electrons. The molecule has 1 aromatic carbocycles. The lowest BCUT2D eigenvalue weighted by Gasteiger charge is -2.36. The summed E-state index contributed by atoms with van der Waals surface area (Å²) >= 11 is 0. The highest BCUT2D eigenvalue weighted by Gasteiger charge is 2.38. The highest BCUT2D eigenvalue weighted by Crippen LogP contribution is 2.28. The number of hydrogen-bond donors (Lipinski definition) is 1. The number of carbonyl (C=O) groups is 2. The van der Waals surface area contributed by atoms with Crippen LogP contribution in [0.15, 0.2) is 24.3 Å². The Hall–Kier alpha value is -1.88. The Bertz CT molecular complexity index is 558. The largest absolute Gasteiger partial charge is 0.376 e. The molecule has 0 spiro atoms. The van der Waals surface area contributed by atoms with E-state index in [9.17, 15) is 9.59 Å². The van der Waals surface area contributed by atoms with Crippen LogP contribution in [0.5, 0.6) is 0 Å². The van der Waals surface area contributed by atoms with Crippen LogP contribution >= 0.6 is 0 Å².